The molecule has 17 heavy (non-hydrogen) atoms. The van der Waals surface area contributed by atoms with Gasteiger partial charge in [0.2, 0.25) is 0 Å². The molecule has 0 unspecified atom stereocenters. The highest BCUT2D eigenvalue weighted by Crippen LogP contribution is 2.46. The van der Waals surface area contributed by atoms with Gasteiger partial charge in [0.25, 0.3) is 0 Å². The molecule has 0 aliphatic heterocycles. The van der Waals surface area contributed by atoms with Crippen molar-refractivity contribution in [1.82, 2.24) is 9.78 Å². The van der Waals surface area contributed by atoms with Gasteiger partial charge >= 0.3 is 0 Å². The Morgan fingerprint density at radius 3 is 2.53 bits per heavy atom. The van der Waals surface area contributed by atoms with E-state index in [2.05, 4.69) is 5.10 Å². The summed E-state index contributed by atoms with van der Waals surface area (Å²) in [5.41, 5.74) is 9.06. The van der Waals surface area contributed by atoms with Gasteiger partial charge < -0.3 is 5.73 Å². The van der Waals surface area contributed by atoms with Crippen molar-refractivity contribution in [2.24, 2.45) is 7.05 Å². The number of halogens is 1. The third kappa shape index (κ3) is 1.69. The third-order valence-corrected chi connectivity index (χ3v) is 3.22. The minimum absolute atomic E-state index is 0.225. The number of hydrogen-bond acceptors (Lipinski definition) is 2. The second-order valence-corrected chi connectivity index (χ2v) is 4.55. The molecule has 88 valence electrons. The van der Waals surface area contributed by atoms with Gasteiger partial charge in [0.05, 0.1) is 5.69 Å². The number of aromatic nitrogens is 2. The van der Waals surface area contributed by atoms with E-state index in [1.165, 1.54) is 25.0 Å². The molecule has 1 fully saturated rings. The minimum atomic E-state index is -0.225. The number of aryl methyl sites for hydroxylation is 1. The van der Waals surface area contributed by atoms with Gasteiger partial charge in [-0.2, -0.15) is 5.10 Å². The van der Waals surface area contributed by atoms with E-state index in [4.69, 9.17) is 5.73 Å². The Balaban J connectivity index is 2.15. The van der Waals surface area contributed by atoms with Gasteiger partial charge in [-0.1, -0.05) is 0 Å². The molecule has 2 aromatic rings. The molecule has 3 nitrogen and oxygen atoms in total. The number of nitrogens with two attached hydrogens (primary N) is 1. The lowest BCUT2D eigenvalue weighted by atomic mass is 10.0. The molecule has 1 saturated carbocycles. The summed E-state index contributed by atoms with van der Waals surface area (Å²) in [7, 11) is 1.88. The second kappa shape index (κ2) is 3.58. The summed E-state index contributed by atoms with van der Waals surface area (Å²) >= 11 is 0. The molecule has 0 radical (unpaired) electrons. The molecule has 1 aliphatic carbocycles. The normalized spacial score (nSPS) is 15.2. The number of hydrogen-bond donors (Lipinski definition) is 1. The zero-order chi connectivity index (χ0) is 12.0. The first kappa shape index (κ1) is 10.3. The first-order chi connectivity index (χ1) is 8.16. The van der Waals surface area contributed by atoms with Crippen LogP contribution in [-0.2, 0) is 7.05 Å². The average molecular weight is 231 g/mol. The maximum atomic E-state index is 12.9. The zero-order valence-electron chi connectivity index (χ0n) is 9.65. The number of benzene rings is 1. The van der Waals surface area contributed by atoms with Crippen LogP contribution < -0.4 is 5.73 Å². The van der Waals surface area contributed by atoms with Gasteiger partial charge in [-0.3, -0.25) is 4.68 Å². The van der Waals surface area contributed by atoms with Crippen LogP contribution in [0.1, 0.15) is 24.3 Å². The predicted molar refractivity (Wildman–Crippen MR) is 65.0 cm³/mol. The molecule has 0 saturated heterocycles. The van der Waals surface area contributed by atoms with Crippen LogP contribution >= 0.6 is 0 Å². The number of nitrogen functional groups attached to an aromatic ring is 1. The molecule has 0 atom stereocenters. The van der Waals surface area contributed by atoms with Crippen LogP contribution in [0.3, 0.4) is 0 Å². The monoisotopic (exact) mass is 231 g/mol. The largest absolute Gasteiger partial charge is 0.382 e. The summed E-state index contributed by atoms with van der Waals surface area (Å²) in [4.78, 5) is 0. The maximum Gasteiger partial charge on any atom is 0.149 e. The van der Waals surface area contributed by atoms with E-state index in [0.717, 1.165) is 16.8 Å². The summed E-state index contributed by atoms with van der Waals surface area (Å²) in [6, 6.07) is 6.49. The van der Waals surface area contributed by atoms with Crippen LogP contribution in [0, 0.1) is 5.82 Å². The second-order valence-electron chi connectivity index (χ2n) is 4.55. The van der Waals surface area contributed by atoms with E-state index in [0.29, 0.717) is 11.7 Å². The van der Waals surface area contributed by atoms with Crippen LogP contribution in [0.15, 0.2) is 24.3 Å². The number of rotatable bonds is 2. The van der Waals surface area contributed by atoms with Crippen molar-refractivity contribution >= 4 is 5.82 Å². The predicted octanol–water partition coefficient (Wildman–Crippen LogP) is 2.69. The fourth-order valence-electron chi connectivity index (χ4n) is 2.29. The Kier molecular flexibility index (Phi) is 2.18. The lowest BCUT2D eigenvalue weighted by molar-refractivity contribution is 0.628. The molecule has 1 heterocycles. The first-order valence-corrected chi connectivity index (χ1v) is 5.75. The van der Waals surface area contributed by atoms with Gasteiger partial charge in [0, 0.05) is 18.2 Å². The SMILES string of the molecule is Cn1nc(N)c(C2CC2)c1-c1ccc(F)cc1. The topological polar surface area (TPSA) is 43.8 Å². The third-order valence-electron chi connectivity index (χ3n) is 3.22. The molecule has 3 rings (SSSR count). The van der Waals surface area contributed by atoms with Crippen LogP contribution in [0.4, 0.5) is 10.2 Å². The highest BCUT2D eigenvalue weighted by molar-refractivity contribution is 5.70. The maximum absolute atomic E-state index is 12.9. The quantitative estimate of drug-likeness (QED) is 0.863. The number of anilines is 1. The summed E-state index contributed by atoms with van der Waals surface area (Å²) in [6.07, 6.45) is 2.34. The van der Waals surface area contributed by atoms with Gasteiger partial charge in [0.1, 0.15) is 11.6 Å². The molecule has 1 aromatic carbocycles. The van der Waals surface area contributed by atoms with Crippen LogP contribution in [0.2, 0.25) is 0 Å². The van der Waals surface area contributed by atoms with Gasteiger partial charge in [-0.15, -0.1) is 0 Å². The molecule has 0 amide bonds. The Morgan fingerprint density at radius 2 is 1.94 bits per heavy atom. The summed E-state index contributed by atoms with van der Waals surface area (Å²) < 4.78 is 14.7. The average Bonchev–Trinajstić information content (AvgIpc) is 3.07. The molecular formula is C13H14FN3. The molecule has 4 heteroatoms. The zero-order valence-corrected chi connectivity index (χ0v) is 9.65. The molecule has 2 N–H and O–H groups in total. The van der Waals surface area contributed by atoms with Crippen molar-refractivity contribution in [3.63, 3.8) is 0 Å². The van der Waals surface area contributed by atoms with Crippen molar-refractivity contribution in [2.45, 2.75) is 18.8 Å². The van der Waals surface area contributed by atoms with E-state index in [9.17, 15) is 4.39 Å². The fraction of sp³-hybridized carbons (Fsp3) is 0.308. The van der Waals surface area contributed by atoms with Gasteiger partial charge in [-0.05, 0) is 43.0 Å². The minimum Gasteiger partial charge on any atom is -0.382 e. The van der Waals surface area contributed by atoms with E-state index < -0.39 is 0 Å². The van der Waals surface area contributed by atoms with Gasteiger partial charge in [-0.25, -0.2) is 4.39 Å². The van der Waals surface area contributed by atoms with Crippen molar-refractivity contribution in [2.75, 3.05) is 5.73 Å². The molecule has 0 bridgehead atoms. The summed E-state index contributed by atoms with van der Waals surface area (Å²) in [6.45, 7) is 0. The molecular weight excluding hydrogens is 217 g/mol. The lowest BCUT2D eigenvalue weighted by Crippen LogP contribution is -1.95. The van der Waals surface area contributed by atoms with Crippen molar-refractivity contribution < 1.29 is 4.39 Å². The number of nitrogens with zero attached hydrogens (tertiary/aromatic N) is 2. The van der Waals surface area contributed by atoms with Crippen LogP contribution in [-0.4, -0.2) is 9.78 Å². The Hall–Kier alpha value is -1.84. The lowest BCUT2D eigenvalue weighted by Gasteiger charge is -2.05. The van der Waals surface area contributed by atoms with Crippen LogP contribution in [0.25, 0.3) is 11.3 Å². The summed E-state index contributed by atoms with van der Waals surface area (Å²) in [5.74, 6) is 0.912. The van der Waals surface area contributed by atoms with E-state index >= 15 is 0 Å². The summed E-state index contributed by atoms with van der Waals surface area (Å²) in [5, 5.41) is 4.27. The Bertz CT molecular complexity index is 553. The van der Waals surface area contributed by atoms with Crippen molar-refractivity contribution in [3.8, 4) is 11.3 Å². The van der Waals surface area contributed by atoms with Crippen molar-refractivity contribution in [3.05, 3.63) is 35.6 Å². The van der Waals surface area contributed by atoms with E-state index in [1.807, 2.05) is 7.05 Å². The molecule has 0 spiro atoms. The Labute approximate surface area is 99.1 Å². The Morgan fingerprint density at radius 1 is 1.29 bits per heavy atom. The van der Waals surface area contributed by atoms with Crippen LogP contribution in [0.5, 0.6) is 0 Å². The molecule has 1 aliphatic rings. The van der Waals surface area contributed by atoms with Gasteiger partial charge in [0.15, 0.2) is 0 Å². The standard InChI is InChI=1S/C13H14FN3/c1-17-12(9-4-6-10(14)7-5-9)11(8-2-3-8)13(15)16-17/h4-8H,2-3H2,1H3,(H2,15,16). The van der Waals surface area contributed by atoms with E-state index in [-0.39, 0.29) is 5.82 Å². The highest BCUT2D eigenvalue weighted by Gasteiger charge is 2.31. The fourth-order valence-corrected chi connectivity index (χ4v) is 2.29. The highest BCUT2D eigenvalue weighted by atomic mass is 19.1. The van der Waals surface area contributed by atoms with Crippen molar-refractivity contribution in [1.29, 1.82) is 0 Å². The van der Waals surface area contributed by atoms with E-state index in [1.54, 1.807) is 16.8 Å². The molecule has 1 aromatic heterocycles. The smallest absolute Gasteiger partial charge is 0.149 e. The first-order valence-electron chi connectivity index (χ1n) is 5.75.